The number of halogens is 2. The van der Waals surface area contributed by atoms with Crippen molar-refractivity contribution in [2.24, 2.45) is 5.92 Å². The van der Waals surface area contributed by atoms with Crippen LogP contribution >= 0.6 is 31.9 Å². The van der Waals surface area contributed by atoms with Crippen molar-refractivity contribution < 1.29 is 4.79 Å². The Kier molecular flexibility index (Phi) is 5.42. The summed E-state index contributed by atoms with van der Waals surface area (Å²) in [6.45, 7) is 2.76. The molecule has 1 fully saturated rings. The van der Waals surface area contributed by atoms with Crippen LogP contribution in [-0.2, 0) is 0 Å². The highest BCUT2D eigenvalue weighted by Gasteiger charge is 2.23. The summed E-state index contributed by atoms with van der Waals surface area (Å²) in [4.78, 5) is 14.4. The number of rotatable bonds is 3. The molecule has 0 unspecified atom stereocenters. The van der Waals surface area contributed by atoms with E-state index in [1.54, 1.807) is 0 Å². The fourth-order valence-corrected chi connectivity index (χ4v) is 3.78. The first-order chi connectivity index (χ1) is 9.10. The van der Waals surface area contributed by atoms with E-state index in [1.165, 1.54) is 0 Å². The van der Waals surface area contributed by atoms with Crippen LogP contribution in [0.4, 0.5) is 0 Å². The lowest BCUT2D eigenvalue weighted by Gasteiger charge is -2.32. The number of carbonyl (C=O) groups excluding carboxylic acids is 1. The van der Waals surface area contributed by atoms with Crippen molar-refractivity contribution in [3.05, 3.63) is 32.7 Å². The van der Waals surface area contributed by atoms with Gasteiger partial charge in [0.05, 0.1) is 0 Å². The van der Waals surface area contributed by atoms with E-state index < -0.39 is 0 Å². The molecule has 3 nitrogen and oxygen atoms in total. The van der Waals surface area contributed by atoms with E-state index in [1.807, 2.05) is 30.1 Å². The van der Waals surface area contributed by atoms with Gasteiger partial charge in [-0.3, -0.25) is 4.79 Å². The predicted molar refractivity (Wildman–Crippen MR) is 84.4 cm³/mol. The molecule has 0 bridgehead atoms. The van der Waals surface area contributed by atoms with Crippen molar-refractivity contribution in [1.29, 1.82) is 0 Å². The molecule has 0 radical (unpaired) electrons. The van der Waals surface area contributed by atoms with Gasteiger partial charge < -0.3 is 10.2 Å². The third-order valence-electron chi connectivity index (χ3n) is 3.50. The van der Waals surface area contributed by atoms with Gasteiger partial charge in [-0.05, 0) is 50.6 Å². The van der Waals surface area contributed by atoms with Crippen molar-refractivity contribution in [3.8, 4) is 0 Å². The zero-order chi connectivity index (χ0) is 13.8. The molecule has 1 N–H and O–H groups in total. The van der Waals surface area contributed by atoms with Gasteiger partial charge in [0.2, 0.25) is 0 Å². The van der Waals surface area contributed by atoms with Gasteiger partial charge >= 0.3 is 0 Å². The Morgan fingerprint density at radius 3 is 2.37 bits per heavy atom. The Bertz CT molecular complexity index is 437. The molecule has 1 saturated heterocycles. The molecule has 1 heterocycles. The van der Waals surface area contributed by atoms with Gasteiger partial charge in [0.25, 0.3) is 5.91 Å². The Labute approximate surface area is 131 Å². The van der Waals surface area contributed by atoms with E-state index >= 15 is 0 Å². The molecule has 0 aromatic heterocycles. The molecule has 104 valence electrons. The molecule has 0 aliphatic carbocycles. The third-order valence-corrected chi connectivity index (χ3v) is 4.42. The fraction of sp³-hybridized carbons (Fsp3) is 0.500. The summed E-state index contributed by atoms with van der Waals surface area (Å²) in [5, 5.41) is 3.21. The van der Waals surface area contributed by atoms with Crippen molar-refractivity contribution >= 4 is 37.8 Å². The number of nitrogens with one attached hydrogen (secondary N) is 1. The van der Waals surface area contributed by atoms with Crippen molar-refractivity contribution in [2.75, 3.05) is 26.7 Å². The van der Waals surface area contributed by atoms with Gasteiger partial charge in [-0.15, -0.1) is 0 Å². The number of likely N-dealkylation sites (tertiary alicyclic amines) is 1. The maximum Gasteiger partial charge on any atom is 0.253 e. The molecule has 0 spiro atoms. The average molecular weight is 390 g/mol. The van der Waals surface area contributed by atoms with Crippen molar-refractivity contribution in [2.45, 2.75) is 12.8 Å². The number of carbonyl (C=O) groups is 1. The zero-order valence-corrected chi connectivity index (χ0v) is 14.1. The molecule has 19 heavy (non-hydrogen) atoms. The first kappa shape index (κ1) is 15.0. The second-order valence-electron chi connectivity index (χ2n) is 4.95. The zero-order valence-electron chi connectivity index (χ0n) is 11.0. The highest BCUT2D eigenvalue weighted by atomic mass is 79.9. The average Bonchev–Trinajstić information content (AvgIpc) is 2.38. The number of hydrogen-bond acceptors (Lipinski definition) is 2. The lowest BCUT2D eigenvalue weighted by Crippen LogP contribution is -2.40. The van der Waals surface area contributed by atoms with Crippen LogP contribution in [0.1, 0.15) is 23.2 Å². The van der Waals surface area contributed by atoms with Crippen LogP contribution in [0.15, 0.2) is 27.1 Å². The molecule has 5 heteroatoms. The Hall–Kier alpha value is -0.390. The highest BCUT2D eigenvalue weighted by molar-refractivity contribution is 9.11. The molecule has 1 aromatic carbocycles. The number of amides is 1. The number of hydrogen-bond donors (Lipinski definition) is 1. The first-order valence-electron chi connectivity index (χ1n) is 6.50. The summed E-state index contributed by atoms with van der Waals surface area (Å²) in [6, 6.07) is 5.70. The van der Waals surface area contributed by atoms with Gasteiger partial charge in [-0.2, -0.15) is 0 Å². The Balaban J connectivity index is 2.01. The molecule has 1 amide bonds. The SMILES string of the molecule is CNCC1CCN(C(=O)c2cc(Br)cc(Br)c2)CC1. The van der Waals surface area contributed by atoms with Crippen LogP contribution in [0.5, 0.6) is 0 Å². The fourth-order valence-electron chi connectivity index (χ4n) is 2.49. The Morgan fingerprint density at radius 2 is 1.84 bits per heavy atom. The van der Waals surface area contributed by atoms with Gasteiger partial charge in [0, 0.05) is 27.6 Å². The summed E-state index contributed by atoms with van der Waals surface area (Å²) in [7, 11) is 1.98. The second-order valence-corrected chi connectivity index (χ2v) is 6.78. The van der Waals surface area contributed by atoms with E-state index in [-0.39, 0.29) is 5.91 Å². The summed E-state index contributed by atoms with van der Waals surface area (Å²) in [5.41, 5.74) is 0.744. The molecule has 1 aliphatic rings. The van der Waals surface area contributed by atoms with Crippen LogP contribution in [0.3, 0.4) is 0 Å². The maximum atomic E-state index is 12.4. The van der Waals surface area contributed by atoms with Gasteiger partial charge in [0.15, 0.2) is 0 Å². The molecular formula is C14H18Br2N2O. The largest absolute Gasteiger partial charge is 0.339 e. The minimum absolute atomic E-state index is 0.130. The Morgan fingerprint density at radius 1 is 1.26 bits per heavy atom. The van der Waals surface area contributed by atoms with E-state index in [0.29, 0.717) is 5.92 Å². The predicted octanol–water partition coefficient (Wildman–Crippen LogP) is 3.28. The van der Waals surface area contributed by atoms with Crippen LogP contribution in [0, 0.1) is 5.92 Å². The lowest BCUT2D eigenvalue weighted by atomic mass is 9.96. The van der Waals surface area contributed by atoms with E-state index in [2.05, 4.69) is 37.2 Å². The van der Waals surface area contributed by atoms with Crippen LogP contribution < -0.4 is 5.32 Å². The summed E-state index contributed by atoms with van der Waals surface area (Å²) in [6.07, 6.45) is 2.17. The number of nitrogens with zero attached hydrogens (tertiary/aromatic N) is 1. The molecule has 0 saturated carbocycles. The molecule has 1 aromatic rings. The van der Waals surface area contributed by atoms with Crippen LogP contribution in [-0.4, -0.2) is 37.5 Å². The molecule has 2 rings (SSSR count). The summed E-state index contributed by atoms with van der Waals surface area (Å²) in [5.74, 6) is 0.827. The lowest BCUT2D eigenvalue weighted by molar-refractivity contribution is 0.0691. The van der Waals surface area contributed by atoms with E-state index in [9.17, 15) is 4.79 Å². The van der Waals surface area contributed by atoms with Crippen LogP contribution in [0.2, 0.25) is 0 Å². The second kappa shape index (κ2) is 6.86. The van der Waals surface area contributed by atoms with Crippen LogP contribution in [0.25, 0.3) is 0 Å². The molecule has 0 atom stereocenters. The van der Waals surface area contributed by atoms with Crippen molar-refractivity contribution in [3.63, 3.8) is 0 Å². The van der Waals surface area contributed by atoms with Gasteiger partial charge in [-0.25, -0.2) is 0 Å². The molecular weight excluding hydrogens is 372 g/mol. The number of piperidine rings is 1. The van der Waals surface area contributed by atoms with Gasteiger partial charge in [0.1, 0.15) is 0 Å². The van der Waals surface area contributed by atoms with E-state index in [4.69, 9.17) is 0 Å². The van der Waals surface area contributed by atoms with Gasteiger partial charge in [-0.1, -0.05) is 31.9 Å². The monoisotopic (exact) mass is 388 g/mol. The van der Waals surface area contributed by atoms with E-state index in [0.717, 1.165) is 47.0 Å². The normalized spacial score (nSPS) is 16.7. The molecule has 1 aliphatic heterocycles. The smallest absolute Gasteiger partial charge is 0.253 e. The van der Waals surface area contributed by atoms with Crippen molar-refractivity contribution in [1.82, 2.24) is 10.2 Å². The quantitative estimate of drug-likeness (QED) is 0.860. The standard InChI is InChI=1S/C14H18Br2N2O/c1-17-9-10-2-4-18(5-3-10)14(19)11-6-12(15)8-13(16)7-11/h6-8,10,17H,2-5,9H2,1H3. The topological polar surface area (TPSA) is 32.3 Å². The maximum absolute atomic E-state index is 12.4. The third kappa shape index (κ3) is 4.04. The first-order valence-corrected chi connectivity index (χ1v) is 8.08. The summed E-state index contributed by atoms with van der Waals surface area (Å²) < 4.78 is 1.85. The minimum atomic E-state index is 0.130. The number of benzene rings is 1. The highest BCUT2D eigenvalue weighted by Crippen LogP contribution is 2.23. The minimum Gasteiger partial charge on any atom is -0.339 e. The summed E-state index contributed by atoms with van der Waals surface area (Å²) >= 11 is 6.85.